The molecule has 2 aliphatic carbocycles. The molecule has 0 heterocycles. The normalized spacial score (nSPS) is 38.3. The van der Waals surface area contributed by atoms with Gasteiger partial charge in [-0.15, -0.1) is 0 Å². The minimum absolute atomic E-state index is 0.291. The van der Waals surface area contributed by atoms with Gasteiger partial charge >= 0.3 is 0 Å². The zero-order valence-electron chi connectivity index (χ0n) is 13.1. The third-order valence-corrected chi connectivity index (χ3v) is 5.30. The van der Waals surface area contributed by atoms with E-state index in [0.29, 0.717) is 16.7 Å². The van der Waals surface area contributed by atoms with Gasteiger partial charge in [-0.3, -0.25) is 0 Å². The average molecular weight is 252 g/mol. The van der Waals surface area contributed by atoms with Crippen LogP contribution in [0.2, 0.25) is 0 Å². The van der Waals surface area contributed by atoms with Gasteiger partial charge in [-0.25, -0.2) is 0 Å². The minimum atomic E-state index is -0.397. The smallest absolute Gasteiger partial charge is 0.0686 e. The Balaban J connectivity index is 2.14. The van der Waals surface area contributed by atoms with Crippen molar-refractivity contribution in [1.29, 1.82) is 0 Å². The molecule has 0 amide bonds. The van der Waals surface area contributed by atoms with Crippen LogP contribution in [0.25, 0.3) is 0 Å². The Labute approximate surface area is 113 Å². The summed E-state index contributed by atoms with van der Waals surface area (Å²) in [7, 11) is 0. The topological polar surface area (TPSA) is 20.2 Å². The van der Waals surface area contributed by atoms with E-state index >= 15 is 0 Å². The molecule has 2 aliphatic rings. The third-order valence-electron chi connectivity index (χ3n) is 5.30. The standard InChI is InChI=1S/C17H32O/c1-13-6-8-14(9-7-13)17(18)11-15(2,3)10-16(4,5)12-17/h13-14,18H,6-12H2,1-5H3. The van der Waals surface area contributed by atoms with E-state index in [1.165, 1.54) is 32.1 Å². The fourth-order valence-electron chi connectivity index (χ4n) is 5.23. The second kappa shape index (κ2) is 4.51. The molecule has 0 bridgehead atoms. The van der Waals surface area contributed by atoms with Gasteiger partial charge in [0.05, 0.1) is 5.60 Å². The van der Waals surface area contributed by atoms with Crippen molar-refractivity contribution in [2.24, 2.45) is 22.7 Å². The SMILES string of the molecule is CC1CCC(C2(O)CC(C)(C)CC(C)(C)C2)CC1. The van der Waals surface area contributed by atoms with Crippen molar-refractivity contribution in [3.05, 3.63) is 0 Å². The first-order chi connectivity index (χ1) is 8.12. The van der Waals surface area contributed by atoms with Gasteiger partial charge in [0.25, 0.3) is 0 Å². The lowest BCUT2D eigenvalue weighted by atomic mass is 9.55. The van der Waals surface area contributed by atoms with Crippen LogP contribution in [0.5, 0.6) is 0 Å². The van der Waals surface area contributed by atoms with E-state index in [2.05, 4.69) is 34.6 Å². The molecular formula is C17H32O. The zero-order chi connectivity index (χ0) is 13.6. The maximum atomic E-state index is 11.3. The van der Waals surface area contributed by atoms with E-state index in [1.807, 2.05) is 0 Å². The summed E-state index contributed by atoms with van der Waals surface area (Å²) >= 11 is 0. The lowest BCUT2D eigenvalue weighted by Gasteiger charge is -2.53. The molecule has 1 N–H and O–H groups in total. The molecule has 2 saturated carbocycles. The van der Waals surface area contributed by atoms with Crippen molar-refractivity contribution in [1.82, 2.24) is 0 Å². The van der Waals surface area contributed by atoms with Gasteiger partial charge in [0.15, 0.2) is 0 Å². The fourth-order valence-corrected chi connectivity index (χ4v) is 5.23. The van der Waals surface area contributed by atoms with E-state index in [4.69, 9.17) is 0 Å². The van der Waals surface area contributed by atoms with Gasteiger partial charge < -0.3 is 5.11 Å². The van der Waals surface area contributed by atoms with E-state index in [0.717, 1.165) is 18.8 Å². The molecule has 0 unspecified atom stereocenters. The second-order valence-electron chi connectivity index (χ2n) is 8.92. The van der Waals surface area contributed by atoms with Crippen molar-refractivity contribution in [2.75, 3.05) is 0 Å². The van der Waals surface area contributed by atoms with Gasteiger partial charge in [0, 0.05) is 0 Å². The van der Waals surface area contributed by atoms with E-state index < -0.39 is 5.60 Å². The number of hydrogen-bond acceptors (Lipinski definition) is 1. The molecule has 2 fully saturated rings. The Morgan fingerprint density at radius 2 is 1.22 bits per heavy atom. The maximum absolute atomic E-state index is 11.3. The van der Waals surface area contributed by atoms with Crippen molar-refractivity contribution in [2.45, 2.75) is 85.2 Å². The van der Waals surface area contributed by atoms with Gasteiger partial charge in [0.1, 0.15) is 0 Å². The second-order valence-corrected chi connectivity index (χ2v) is 8.92. The highest BCUT2D eigenvalue weighted by molar-refractivity contribution is 5.01. The van der Waals surface area contributed by atoms with Gasteiger partial charge in [-0.2, -0.15) is 0 Å². The van der Waals surface area contributed by atoms with Crippen LogP contribution in [0.1, 0.15) is 79.6 Å². The molecule has 0 aromatic heterocycles. The molecule has 106 valence electrons. The van der Waals surface area contributed by atoms with E-state index in [9.17, 15) is 5.11 Å². The van der Waals surface area contributed by atoms with Crippen molar-refractivity contribution in [3.63, 3.8) is 0 Å². The first-order valence-corrected chi connectivity index (χ1v) is 7.84. The van der Waals surface area contributed by atoms with Crippen molar-refractivity contribution >= 4 is 0 Å². The highest BCUT2D eigenvalue weighted by atomic mass is 16.3. The van der Waals surface area contributed by atoms with Crippen LogP contribution in [-0.4, -0.2) is 10.7 Å². The number of rotatable bonds is 1. The summed E-state index contributed by atoms with van der Waals surface area (Å²) in [4.78, 5) is 0. The van der Waals surface area contributed by atoms with Crippen LogP contribution in [0.15, 0.2) is 0 Å². The molecule has 0 aromatic carbocycles. The van der Waals surface area contributed by atoms with Crippen molar-refractivity contribution < 1.29 is 5.11 Å². The monoisotopic (exact) mass is 252 g/mol. The Bertz CT molecular complexity index is 279. The summed E-state index contributed by atoms with van der Waals surface area (Å²) < 4.78 is 0. The summed E-state index contributed by atoms with van der Waals surface area (Å²) in [5.74, 6) is 1.42. The Morgan fingerprint density at radius 1 is 0.778 bits per heavy atom. The molecule has 2 rings (SSSR count). The molecular weight excluding hydrogens is 220 g/mol. The summed E-state index contributed by atoms with van der Waals surface area (Å²) in [5.41, 5.74) is 0.185. The van der Waals surface area contributed by atoms with Crippen LogP contribution in [0.4, 0.5) is 0 Å². The predicted molar refractivity (Wildman–Crippen MR) is 77.5 cm³/mol. The fraction of sp³-hybridized carbons (Fsp3) is 1.00. The largest absolute Gasteiger partial charge is 0.390 e. The lowest BCUT2D eigenvalue weighted by molar-refractivity contribution is -0.131. The summed E-state index contributed by atoms with van der Waals surface area (Å²) in [6.45, 7) is 11.7. The average Bonchev–Trinajstić information content (AvgIpc) is 2.12. The zero-order valence-corrected chi connectivity index (χ0v) is 13.1. The van der Waals surface area contributed by atoms with Gasteiger partial charge in [-0.05, 0) is 54.8 Å². The molecule has 0 atom stereocenters. The summed E-state index contributed by atoms with van der Waals surface area (Å²) in [5, 5.41) is 11.3. The lowest BCUT2D eigenvalue weighted by Crippen LogP contribution is -2.51. The van der Waals surface area contributed by atoms with Crippen LogP contribution in [-0.2, 0) is 0 Å². The maximum Gasteiger partial charge on any atom is 0.0686 e. The molecule has 0 saturated heterocycles. The van der Waals surface area contributed by atoms with E-state index in [1.54, 1.807) is 0 Å². The predicted octanol–water partition coefficient (Wildman–Crippen LogP) is 4.78. The van der Waals surface area contributed by atoms with Crippen LogP contribution >= 0.6 is 0 Å². The highest BCUT2D eigenvalue weighted by Gasteiger charge is 2.50. The van der Waals surface area contributed by atoms with Crippen LogP contribution in [0, 0.1) is 22.7 Å². The minimum Gasteiger partial charge on any atom is -0.390 e. The van der Waals surface area contributed by atoms with Crippen molar-refractivity contribution in [3.8, 4) is 0 Å². The number of hydrogen-bond donors (Lipinski definition) is 1. The summed E-state index contributed by atoms with van der Waals surface area (Å²) in [6, 6.07) is 0. The van der Waals surface area contributed by atoms with Crippen LogP contribution in [0.3, 0.4) is 0 Å². The quantitative estimate of drug-likeness (QED) is 0.712. The van der Waals surface area contributed by atoms with Gasteiger partial charge in [0.2, 0.25) is 0 Å². The summed E-state index contributed by atoms with van der Waals surface area (Å²) in [6.07, 6.45) is 8.35. The highest BCUT2D eigenvalue weighted by Crippen LogP contribution is 2.54. The Hall–Kier alpha value is -0.0400. The Morgan fingerprint density at radius 3 is 1.67 bits per heavy atom. The number of aliphatic hydroxyl groups is 1. The molecule has 0 radical (unpaired) electrons. The van der Waals surface area contributed by atoms with E-state index in [-0.39, 0.29) is 0 Å². The molecule has 1 nitrogen and oxygen atoms in total. The molecule has 0 aliphatic heterocycles. The first kappa shape index (κ1) is 14.4. The molecule has 1 heteroatoms. The molecule has 0 spiro atoms. The Kier molecular flexibility index (Phi) is 3.60. The molecule has 0 aromatic rings. The molecule has 18 heavy (non-hydrogen) atoms. The third kappa shape index (κ3) is 3.10. The first-order valence-electron chi connectivity index (χ1n) is 7.84. The van der Waals surface area contributed by atoms with Gasteiger partial charge in [-0.1, -0.05) is 47.5 Å². The van der Waals surface area contributed by atoms with Crippen LogP contribution < -0.4 is 0 Å².